The predicted molar refractivity (Wildman–Crippen MR) is 49.7 cm³/mol. The van der Waals surface area contributed by atoms with Gasteiger partial charge in [0.15, 0.2) is 11.6 Å². The van der Waals surface area contributed by atoms with E-state index in [9.17, 15) is 13.2 Å². The number of hydrogen-bond acceptors (Lipinski definition) is 2. The van der Waals surface area contributed by atoms with Crippen LogP contribution in [-0.4, -0.2) is 10.7 Å². The molecule has 5 heteroatoms. The van der Waals surface area contributed by atoms with Gasteiger partial charge in [0.05, 0.1) is 0 Å². The average Bonchev–Trinajstić information content (AvgIpc) is 2.14. The van der Waals surface area contributed by atoms with E-state index in [-0.39, 0.29) is 5.03 Å². The van der Waals surface area contributed by atoms with E-state index >= 15 is 0 Å². The van der Waals surface area contributed by atoms with Gasteiger partial charge in [-0.15, -0.1) is 11.8 Å². The minimum atomic E-state index is -1.25. The number of pyridine rings is 1. The summed E-state index contributed by atoms with van der Waals surface area (Å²) in [5.74, 6) is -2.64. The van der Waals surface area contributed by atoms with Crippen molar-refractivity contribution < 1.29 is 13.2 Å². The Bertz CT molecular complexity index is 317. The molecule has 0 aliphatic rings. The molecule has 1 aromatic heterocycles. The van der Waals surface area contributed by atoms with Crippen molar-refractivity contribution >= 4 is 11.8 Å². The smallest absolute Gasteiger partial charge is 0.208 e. The van der Waals surface area contributed by atoms with E-state index in [1.165, 1.54) is 0 Å². The van der Waals surface area contributed by atoms with Crippen molar-refractivity contribution in [1.82, 2.24) is 4.98 Å². The van der Waals surface area contributed by atoms with E-state index < -0.39 is 17.6 Å². The van der Waals surface area contributed by atoms with Gasteiger partial charge in [-0.05, 0) is 12.2 Å². The van der Waals surface area contributed by atoms with Crippen molar-refractivity contribution in [2.45, 2.75) is 24.8 Å². The van der Waals surface area contributed by atoms with E-state index in [2.05, 4.69) is 4.98 Å². The monoisotopic (exact) mass is 221 g/mol. The normalized spacial score (nSPS) is 10.6. The van der Waals surface area contributed by atoms with Gasteiger partial charge in [0.25, 0.3) is 0 Å². The fraction of sp³-hybridized carbons (Fsp3) is 0.444. The summed E-state index contributed by atoms with van der Waals surface area (Å²) in [6.45, 7) is 2.00. The van der Waals surface area contributed by atoms with Crippen LogP contribution in [0, 0.1) is 17.6 Å². The van der Waals surface area contributed by atoms with Gasteiger partial charge in [-0.2, -0.15) is 4.39 Å². The number of halogens is 3. The molecule has 0 fully saturated rings. The first-order valence-corrected chi connectivity index (χ1v) is 5.28. The Hall–Kier alpha value is -0.710. The van der Waals surface area contributed by atoms with Crippen LogP contribution in [0.2, 0.25) is 0 Å². The van der Waals surface area contributed by atoms with E-state index in [0.717, 1.165) is 24.6 Å². The van der Waals surface area contributed by atoms with Gasteiger partial charge in [0.2, 0.25) is 5.95 Å². The van der Waals surface area contributed by atoms with Crippen molar-refractivity contribution in [3.63, 3.8) is 0 Å². The maximum atomic E-state index is 13.0. The third kappa shape index (κ3) is 2.90. The fourth-order valence-electron chi connectivity index (χ4n) is 0.843. The Kier molecular flexibility index (Phi) is 4.25. The van der Waals surface area contributed by atoms with Crippen molar-refractivity contribution in [1.29, 1.82) is 0 Å². The second-order valence-corrected chi connectivity index (χ2v) is 3.83. The summed E-state index contributed by atoms with van der Waals surface area (Å²) in [6.07, 6.45) is 1.86. The third-order valence-corrected chi connectivity index (χ3v) is 2.64. The molecule has 0 N–H and O–H groups in total. The van der Waals surface area contributed by atoms with Crippen LogP contribution in [-0.2, 0) is 0 Å². The van der Waals surface area contributed by atoms with Crippen LogP contribution in [0.5, 0.6) is 0 Å². The topological polar surface area (TPSA) is 12.9 Å². The molecule has 14 heavy (non-hydrogen) atoms. The first-order chi connectivity index (χ1) is 6.65. The Morgan fingerprint density at radius 3 is 2.64 bits per heavy atom. The third-order valence-electron chi connectivity index (χ3n) is 1.59. The first-order valence-electron chi connectivity index (χ1n) is 4.29. The second-order valence-electron chi connectivity index (χ2n) is 2.75. The quantitative estimate of drug-likeness (QED) is 0.439. The van der Waals surface area contributed by atoms with Crippen LogP contribution < -0.4 is 0 Å². The summed E-state index contributed by atoms with van der Waals surface area (Å²) in [7, 11) is 0. The molecule has 1 rings (SSSR count). The van der Waals surface area contributed by atoms with Crippen molar-refractivity contribution in [2.24, 2.45) is 0 Å². The molecular weight excluding hydrogens is 211 g/mol. The molecule has 0 radical (unpaired) electrons. The Labute approximate surface area is 84.7 Å². The molecule has 0 saturated carbocycles. The number of thioether (sulfide) groups is 1. The molecule has 0 aliphatic carbocycles. The molecule has 0 saturated heterocycles. The number of rotatable bonds is 4. The number of unbranched alkanes of at least 4 members (excludes halogenated alkanes) is 1. The van der Waals surface area contributed by atoms with Crippen LogP contribution in [0.1, 0.15) is 19.8 Å². The average molecular weight is 221 g/mol. The highest BCUT2D eigenvalue weighted by Crippen LogP contribution is 2.21. The van der Waals surface area contributed by atoms with E-state index in [1.54, 1.807) is 0 Å². The fourth-order valence-corrected chi connectivity index (χ4v) is 1.81. The van der Waals surface area contributed by atoms with Gasteiger partial charge < -0.3 is 0 Å². The Balaban J connectivity index is 2.72. The maximum Gasteiger partial charge on any atom is 0.250 e. The lowest BCUT2D eigenvalue weighted by Crippen LogP contribution is -1.96. The van der Waals surface area contributed by atoms with E-state index in [1.807, 2.05) is 6.92 Å². The minimum absolute atomic E-state index is 0.0719. The molecule has 0 bridgehead atoms. The van der Waals surface area contributed by atoms with Gasteiger partial charge in [-0.1, -0.05) is 13.3 Å². The molecule has 1 nitrogen and oxygen atoms in total. The molecule has 0 unspecified atom stereocenters. The lowest BCUT2D eigenvalue weighted by molar-refractivity contribution is 0.448. The van der Waals surface area contributed by atoms with Crippen molar-refractivity contribution in [2.75, 3.05) is 5.75 Å². The standard InChI is InChI=1S/C9H10F3NS/c1-2-3-4-14-9-7(11)5-6(10)8(12)13-9/h5H,2-4H2,1H3. The summed E-state index contributed by atoms with van der Waals surface area (Å²) in [4.78, 5) is 3.19. The molecular formula is C9H10F3NS. The van der Waals surface area contributed by atoms with Crippen molar-refractivity contribution in [3.8, 4) is 0 Å². The highest BCUT2D eigenvalue weighted by atomic mass is 32.2. The van der Waals surface area contributed by atoms with Gasteiger partial charge in [0, 0.05) is 6.07 Å². The second kappa shape index (κ2) is 5.24. The van der Waals surface area contributed by atoms with Crippen molar-refractivity contribution in [3.05, 3.63) is 23.6 Å². The van der Waals surface area contributed by atoms with Gasteiger partial charge >= 0.3 is 0 Å². The SMILES string of the molecule is CCCCSc1nc(F)c(F)cc1F. The molecule has 0 atom stereocenters. The molecule has 0 aromatic carbocycles. The summed E-state index contributed by atoms with van der Waals surface area (Å²) in [5, 5.41) is -0.0719. The predicted octanol–water partition coefficient (Wildman–Crippen LogP) is 3.39. The highest BCUT2D eigenvalue weighted by molar-refractivity contribution is 7.99. The first kappa shape index (κ1) is 11.4. The molecule has 78 valence electrons. The summed E-state index contributed by atoms with van der Waals surface area (Å²) in [5.41, 5.74) is 0. The van der Waals surface area contributed by atoms with E-state index in [0.29, 0.717) is 11.8 Å². The maximum absolute atomic E-state index is 13.0. The number of nitrogens with zero attached hydrogens (tertiary/aromatic N) is 1. The van der Waals surface area contributed by atoms with Gasteiger partial charge in [0.1, 0.15) is 5.03 Å². The van der Waals surface area contributed by atoms with Crippen LogP contribution in [0.25, 0.3) is 0 Å². The van der Waals surface area contributed by atoms with Crippen LogP contribution in [0.15, 0.2) is 11.1 Å². The van der Waals surface area contributed by atoms with E-state index in [4.69, 9.17) is 0 Å². The van der Waals surface area contributed by atoms with Gasteiger partial charge in [-0.3, -0.25) is 0 Å². The zero-order valence-corrected chi connectivity index (χ0v) is 8.50. The molecule has 0 amide bonds. The molecule has 0 aliphatic heterocycles. The number of aromatic nitrogens is 1. The van der Waals surface area contributed by atoms with Crippen LogP contribution in [0.3, 0.4) is 0 Å². The zero-order valence-electron chi connectivity index (χ0n) is 7.69. The van der Waals surface area contributed by atoms with Gasteiger partial charge in [-0.25, -0.2) is 13.8 Å². The zero-order chi connectivity index (χ0) is 10.6. The number of hydrogen-bond donors (Lipinski definition) is 0. The highest BCUT2D eigenvalue weighted by Gasteiger charge is 2.11. The van der Waals surface area contributed by atoms with Crippen LogP contribution in [0.4, 0.5) is 13.2 Å². The summed E-state index contributed by atoms with van der Waals surface area (Å²) >= 11 is 1.10. The lowest BCUT2D eigenvalue weighted by Gasteiger charge is -2.01. The Morgan fingerprint density at radius 2 is 2.00 bits per heavy atom. The molecule has 1 aromatic rings. The molecule has 0 spiro atoms. The Morgan fingerprint density at radius 1 is 1.29 bits per heavy atom. The summed E-state index contributed by atoms with van der Waals surface area (Å²) < 4.78 is 38.0. The molecule has 1 heterocycles. The minimum Gasteiger partial charge on any atom is -0.208 e. The largest absolute Gasteiger partial charge is 0.250 e. The van der Waals surface area contributed by atoms with Crippen LogP contribution >= 0.6 is 11.8 Å². The summed E-state index contributed by atoms with van der Waals surface area (Å²) in [6, 6.07) is 0.524. The lowest BCUT2D eigenvalue weighted by atomic mass is 10.4.